The van der Waals surface area contributed by atoms with Crippen molar-refractivity contribution in [1.29, 1.82) is 0 Å². The van der Waals surface area contributed by atoms with Crippen LogP contribution >= 0.6 is 15.9 Å². The molecule has 1 rings (SSSR count). The number of carboxylic acid groups (broad SMARTS) is 1. The molecular weight excluding hydrogens is 270 g/mol. The molecule has 15 heavy (non-hydrogen) atoms. The minimum Gasteiger partial charge on any atom is -0.481 e. The Balaban J connectivity index is 2.61. The van der Waals surface area contributed by atoms with Crippen molar-refractivity contribution in [2.45, 2.75) is 19.4 Å². The van der Waals surface area contributed by atoms with Crippen LogP contribution in [0, 0.1) is 10.1 Å². The minimum atomic E-state index is -0.896. The zero-order valence-electron chi connectivity index (χ0n) is 7.59. The van der Waals surface area contributed by atoms with Crippen LogP contribution in [0.3, 0.4) is 0 Å². The van der Waals surface area contributed by atoms with E-state index in [-0.39, 0.29) is 12.2 Å². The van der Waals surface area contributed by atoms with E-state index in [1.54, 1.807) is 0 Å². The standard InChI is InChI=1S/C7H8BrN3O4/c8-5-4-6(11(14)15)9-10(5)3-1-2-7(12)13/h4H,1-3H2,(H,12,13). The van der Waals surface area contributed by atoms with Gasteiger partial charge in [-0.2, -0.15) is 4.68 Å². The van der Waals surface area contributed by atoms with Crippen LogP contribution in [0.4, 0.5) is 5.82 Å². The molecule has 0 saturated carbocycles. The van der Waals surface area contributed by atoms with Gasteiger partial charge in [-0.25, -0.2) is 0 Å². The third-order valence-corrected chi connectivity index (χ3v) is 2.30. The average Bonchev–Trinajstić information content (AvgIpc) is 2.47. The van der Waals surface area contributed by atoms with Gasteiger partial charge in [0, 0.05) is 6.42 Å². The highest BCUT2D eigenvalue weighted by Crippen LogP contribution is 2.17. The van der Waals surface area contributed by atoms with Crippen LogP contribution < -0.4 is 0 Å². The number of carbonyl (C=O) groups is 1. The van der Waals surface area contributed by atoms with Gasteiger partial charge in [-0.05, 0) is 27.3 Å². The number of halogens is 1. The minimum absolute atomic E-state index is 0.0140. The summed E-state index contributed by atoms with van der Waals surface area (Å²) in [4.78, 5) is 20.0. The number of hydrogen-bond donors (Lipinski definition) is 1. The number of nitro groups is 1. The molecular formula is C7H8BrN3O4. The van der Waals surface area contributed by atoms with Gasteiger partial charge in [0.25, 0.3) is 0 Å². The lowest BCUT2D eigenvalue weighted by atomic mass is 10.3. The Morgan fingerprint density at radius 2 is 2.40 bits per heavy atom. The van der Waals surface area contributed by atoms with E-state index in [2.05, 4.69) is 21.0 Å². The summed E-state index contributed by atoms with van der Waals surface area (Å²) in [7, 11) is 0. The van der Waals surface area contributed by atoms with Crippen molar-refractivity contribution in [3.8, 4) is 0 Å². The Kier molecular flexibility index (Phi) is 3.78. The molecule has 0 spiro atoms. The molecule has 0 bridgehead atoms. The lowest BCUT2D eigenvalue weighted by Gasteiger charge is -1.95. The van der Waals surface area contributed by atoms with Gasteiger partial charge in [-0.1, -0.05) is 0 Å². The van der Waals surface area contributed by atoms with E-state index in [0.29, 0.717) is 17.6 Å². The monoisotopic (exact) mass is 277 g/mol. The summed E-state index contributed by atoms with van der Waals surface area (Å²) in [5.74, 6) is -1.15. The smallest absolute Gasteiger partial charge is 0.391 e. The summed E-state index contributed by atoms with van der Waals surface area (Å²) in [5.41, 5.74) is 0. The fraction of sp³-hybridized carbons (Fsp3) is 0.429. The number of aryl methyl sites for hydroxylation is 1. The molecule has 82 valence electrons. The summed E-state index contributed by atoms with van der Waals surface area (Å²) >= 11 is 3.10. The second-order valence-corrected chi connectivity index (χ2v) is 3.62. The van der Waals surface area contributed by atoms with Crippen molar-refractivity contribution < 1.29 is 14.8 Å². The van der Waals surface area contributed by atoms with Crippen LogP contribution in [-0.2, 0) is 11.3 Å². The third-order valence-electron chi connectivity index (χ3n) is 1.67. The molecule has 0 unspecified atom stereocenters. The number of aromatic nitrogens is 2. The second kappa shape index (κ2) is 4.87. The molecule has 0 amide bonds. The van der Waals surface area contributed by atoms with Gasteiger partial charge in [-0.3, -0.25) is 4.79 Å². The first-order valence-electron chi connectivity index (χ1n) is 4.10. The number of aliphatic carboxylic acids is 1. The Morgan fingerprint density at radius 3 is 2.87 bits per heavy atom. The summed E-state index contributed by atoms with van der Waals surface area (Å²) < 4.78 is 1.83. The van der Waals surface area contributed by atoms with E-state index in [4.69, 9.17) is 5.11 Å². The molecule has 0 aliphatic carbocycles. The zero-order chi connectivity index (χ0) is 11.4. The van der Waals surface area contributed by atoms with Gasteiger partial charge in [0.05, 0.1) is 17.7 Å². The van der Waals surface area contributed by atoms with Crippen molar-refractivity contribution >= 4 is 27.7 Å². The summed E-state index contributed by atoms with van der Waals surface area (Å²) in [6.07, 6.45) is 0.396. The van der Waals surface area contributed by atoms with Crippen LogP contribution in [0.25, 0.3) is 0 Å². The fourth-order valence-electron chi connectivity index (χ4n) is 1.01. The van der Waals surface area contributed by atoms with Gasteiger partial charge in [0.1, 0.15) is 4.60 Å². The van der Waals surface area contributed by atoms with Crippen LogP contribution in [0.5, 0.6) is 0 Å². The normalized spacial score (nSPS) is 10.2. The SMILES string of the molecule is O=C(O)CCCn1nc([N+](=O)[O-])cc1Br. The van der Waals surface area contributed by atoms with Crippen molar-refractivity contribution in [2.75, 3.05) is 0 Å². The molecule has 0 atom stereocenters. The predicted molar refractivity (Wildman–Crippen MR) is 53.5 cm³/mol. The number of carboxylic acids is 1. The van der Waals surface area contributed by atoms with Gasteiger partial charge >= 0.3 is 11.8 Å². The van der Waals surface area contributed by atoms with E-state index in [9.17, 15) is 14.9 Å². The fourth-order valence-corrected chi connectivity index (χ4v) is 1.47. The highest BCUT2D eigenvalue weighted by Gasteiger charge is 2.15. The maximum atomic E-state index is 10.4. The molecule has 1 N–H and O–H groups in total. The Bertz CT molecular complexity index is 390. The number of hydrogen-bond acceptors (Lipinski definition) is 4. The van der Waals surface area contributed by atoms with Crippen molar-refractivity contribution in [3.63, 3.8) is 0 Å². The molecule has 0 aliphatic rings. The molecule has 1 heterocycles. The highest BCUT2D eigenvalue weighted by atomic mass is 79.9. The third kappa shape index (κ3) is 3.31. The molecule has 1 aromatic rings. The van der Waals surface area contributed by atoms with Crippen LogP contribution in [0.1, 0.15) is 12.8 Å². The van der Waals surface area contributed by atoms with Gasteiger partial charge in [0.15, 0.2) is 0 Å². The molecule has 0 saturated heterocycles. The second-order valence-electron chi connectivity index (χ2n) is 2.80. The van der Waals surface area contributed by atoms with Crippen LogP contribution in [0.15, 0.2) is 10.7 Å². The number of rotatable bonds is 5. The maximum Gasteiger partial charge on any atom is 0.391 e. The highest BCUT2D eigenvalue weighted by molar-refractivity contribution is 9.10. The quantitative estimate of drug-likeness (QED) is 0.648. The number of nitrogens with zero attached hydrogens (tertiary/aromatic N) is 3. The predicted octanol–water partition coefficient (Wildman–Crippen LogP) is 1.42. The van der Waals surface area contributed by atoms with Crippen molar-refractivity contribution in [2.24, 2.45) is 0 Å². The van der Waals surface area contributed by atoms with E-state index >= 15 is 0 Å². The molecule has 0 radical (unpaired) electrons. The Morgan fingerprint density at radius 1 is 1.73 bits per heavy atom. The van der Waals surface area contributed by atoms with Crippen LogP contribution in [0.2, 0.25) is 0 Å². The van der Waals surface area contributed by atoms with Gasteiger partial charge in [-0.15, -0.1) is 0 Å². The van der Waals surface area contributed by atoms with E-state index in [1.807, 2.05) is 0 Å². The lowest BCUT2D eigenvalue weighted by molar-refractivity contribution is -0.389. The topological polar surface area (TPSA) is 98.3 Å². The maximum absolute atomic E-state index is 10.4. The van der Waals surface area contributed by atoms with E-state index < -0.39 is 10.9 Å². The summed E-state index contributed by atoms with van der Waals surface area (Å²) in [6, 6.07) is 1.28. The van der Waals surface area contributed by atoms with Crippen LogP contribution in [-0.4, -0.2) is 25.8 Å². The Hall–Kier alpha value is -1.44. The van der Waals surface area contributed by atoms with E-state index in [0.717, 1.165) is 0 Å². The first kappa shape index (κ1) is 11.6. The van der Waals surface area contributed by atoms with E-state index in [1.165, 1.54) is 10.7 Å². The van der Waals surface area contributed by atoms with Crippen molar-refractivity contribution in [3.05, 3.63) is 20.8 Å². The molecule has 0 aliphatic heterocycles. The lowest BCUT2D eigenvalue weighted by Crippen LogP contribution is -2.04. The Labute approximate surface area is 93.0 Å². The van der Waals surface area contributed by atoms with Crippen molar-refractivity contribution in [1.82, 2.24) is 9.78 Å². The zero-order valence-corrected chi connectivity index (χ0v) is 9.18. The van der Waals surface area contributed by atoms with Gasteiger partial charge < -0.3 is 15.2 Å². The van der Waals surface area contributed by atoms with Gasteiger partial charge in [0.2, 0.25) is 0 Å². The molecule has 8 heteroatoms. The molecule has 1 aromatic heterocycles. The summed E-state index contributed by atoms with van der Waals surface area (Å²) in [5, 5.41) is 22.5. The first-order valence-corrected chi connectivity index (χ1v) is 4.89. The average molecular weight is 278 g/mol. The summed E-state index contributed by atoms with van der Waals surface area (Å²) in [6.45, 7) is 0.334. The molecule has 0 aromatic carbocycles. The molecule has 0 fully saturated rings. The molecule has 7 nitrogen and oxygen atoms in total. The first-order chi connectivity index (χ1) is 7.00. The largest absolute Gasteiger partial charge is 0.481 e.